The molecule has 0 aliphatic rings. The van der Waals surface area contributed by atoms with Crippen LogP contribution in [0.1, 0.15) is 70.3 Å². The predicted molar refractivity (Wildman–Crippen MR) is 97.3 cm³/mol. The lowest BCUT2D eigenvalue weighted by Crippen LogP contribution is -1.85. The van der Waals surface area contributed by atoms with E-state index in [2.05, 4.69) is 37.3 Å². The van der Waals surface area contributed by atoms with Crippen molar-refractivity contribution in [3.8, 4) is 5.75 Å². The van der Waals surface area contributed by atoms with Crippen LogP contribution in [0.3, 0.4) is 0 Å². The van der Waals surface area contributed by atoms with E-state index in [-0.39, 0.29) is 0 Å². The molecule has 0 bridgehead atoms. The van der Waals surface area contributed by atoms with Crippen LogP contribution in [0.5, 0.6) is 5.75 Å². The highest BCUT2D eigenvalue weighted by atomic mass is 16.3. The molecule has 1 heteroatoms. The number of unbranched alkanes of at least 4 members (excludes halogenated alkanes) is 7. The number of aromatic hydroxyl groups is 1. The molecule has 122 valence electrons. The van der Waals surface area contributed by atoms with Gasteiger partial charge in [0.2, 0.25) is 0 Å². The van der Waals surface area contributed by atoms with Crippen LogP contribution in [0.15, 0.2) is 48.6 Å². The summed E-state index contributed by atoms with van der Waals surface area (Å²) < 4.78 is 0. The van der Waals surface area contributed by atoms with Crippen molar-refractivity contribution in [2.24, 2.45) is 0 Å². The van der Waals surface area contributed by atoms with Gasteiger partial charge in [0.25, 0.3) is 0 Å². The summed E-state index contributed by atoms with van der Waals surface area (Å²) in [5, 5.41) is 9.40. The van der Waals surface area contributed by atoms with Gasteiger partial charge < -0.3 is 5.11 Å². The second-order valence-corrected chi connectivity index (χ2v) is 5.95. The molecule has 22 heavy (non-hydrogen) atoms. The number of phenolic OH excluding ortho intramolecular Hbond substituents is 1. The highest BCUT2D eigenvalue weighted by molar-refractivity contribution is 5.27. The minimum atomic E-state index is 0.381. The van der Waals surface area contributed by atoms with E-state index in [0.717, 1.165) is 6.42 Å². The second-order valence-electron chi connectivity index (χ2n) is 5.95. The summed E-state index contributed by atoms with van der Waals surface area (Å²) in [6.45, 7) is 2.09. The molecule has 0 aliphatic heterocycles. The summed E-state index contributed by atoms with van der Waals surface area (Å²) in [7, 11) is 0. The van der Waals surface area contributed by atoms with Crippen molar-refractivity contribution in [1.82, 2.24) is 0 Å². The molecule has 0 amide bonds. The van der Waals surface area contributed by atoms with E-state index in [4.69, 9.17) is 0 Å². The summed E-state index contributed by atoms with van der Waals surface area (Å²) in [5.41, 5.74) is 1.24. The molecule has 1 nitrogen and oxygen atoms in total. The fraction of sp³-hybridized carbons (Fsp3) is 0.524. The number of hydrogen-bond acceptors (Lipinski definition) is 1. The summed E-state index contributed by atoms with van der Waals surface area (Å²) >= 11 is 0. The Labute approximate surface area is 136 Å². The van der Waals surface area contributed by atoms with Crippen molar-refractivity contribution in [3.05, 3.63) is 54.1 Å². The predicted octanol–water partition coefficient (Wildman–Crippen LogP) is 6.58. The Kier molecular flexibility index (Phi) is 11.1. The molecule has 0 saturated heterocycles. The van der Waals surface area contributed by atoms with Gasteiger partial charge in [-0.25, -0.2) is 0 Å². The van der Waals surface area contributed by atoms with Gasteiger partial charge in [0.05, 0.1) is 0 Å². The summed E-state index contributed by atoms with van der Waals surface area (Å²) in [6.07, 6.45) is 21.6. The number of benzene rings is 1. The molecule has 0 saturated carbocycles. The molecular weight excluding hydrogens is 268 g/mol. The lowest BCUT2D eigenvalue weighted by atomic mass is 10.1. The highest BCUT2D eigenvalue weighted by Gasteiger charge is 1.94. The van der Waals surface area contributed by atoms with Gasteiger partial charge in [-0.3, -0.25) is 0 Å². The minimum absolute atomic E-state index is 0.381. The molecule has 1 N–H and O–H groups in total. The molecule has 0 spiro atoms. The molecule has 1 aromatic rings. The highest BCUT2D eigenvalue weighted by Crippen LogP contribution is 2.14. The lowest BCUT2D eigenvalue weighted by Gasteiger charge is -2.01. The Bertz CT molecular complexity index is 431. The third kappa shape index (κ3) is 10.3. The van der Waals surface area contributed by atoms with Gasteiger partial charge in [0.1, 0.15) is 5.75 Å². The van der Waals surface area contributed by atoms with Gasteiger partial charge in [0.15, 0.2) is 0 Å². The van der Waals surface area contributed by atoms with Gasteiger partial charge in [-0.1, -0.05) is 49.3 Å². The molecule has 1 rings (SSSR count). The summed E-state index contributed by atoms with van der Waals surface area (Å²) in [6, 6.07) is 7.62. The first-order chi connectivity index (χ1) is 10.8. The number of phenols is 1. The average Bonchev–Trinajstić information content (AvgIpc) is 2.52. The first kappa shape index (κ1) is 18.5. The molecular formula is C21H32O. The number of allylic oxidation sites excluding steroid dienone is 4. The molecule has 0 unspecified atom stereocenters. The van der Waals surface area contributed by atoms with Crippen LogP contribution in [0.4, 0.5) is 0 Å². The van der Waals surface area contributed by atoms with E-state index in [1.807, 2.05) is 12.1 Å². The van der Waals surface area contributed by atoms with Gasteiger partial charge in [-0.2, -0.15) is 0 Å². The largest absolute Gasteiger partial charge is 0.508 e. The van der Waals surface area contributed by atoms with Gasteiger partial charge >= 0.3 is 0 Å². The Morgan fingerprint density at radius 1 is 0.818 bits per heavy atom. The van der Waals surface area contributed by atoms with Crippen LogP contribution in [0, 0.1) is 0 Å². The summed E-state index contributed by atoms with van der Waals surface area (Å²) in [4.78, 5) is 0. The number of aryl methyl sites for hydroxylation is 1. The molecule has 0 heterocycles. The van der Waals surface area contributed by atoms with Crippen LogP contribution in [0.25, 0.3) is 0 Å². The summed E-state index contributed by atoms with van der Waals surface area (Å²) in [5.74, 6) is 0.381. The SMILES string of the molecule is C/C=C/CCCCC/C=C/CCCCCc1cccc(O)c1. The molecule has 0 atom stereocenters. The standard InChI is InChI=1S/C21H32O/c1-2-3-4-5-6-7-8-9-10-11-12-13-14-16-20-17-15-18-21(22)19-20/h2-3,9-10,15,17-19,22H,4-8,11-14,16H2,1H3/b3-2+,10-9+. The maximum atomic E-state index is 9.40. The molecule has 0 radical (unpaired) electrons. The zero-order valence-corrected chi connectivity index (χ0v) is 14.1. The second kappa shape index (κ2) is 13.2. The van der Waals surface area contributed by atoms with E-state index < -0.39 is 0 Å². The zero-order chi connectivity index (χ0) is 15.9. The Hall–Kier alpha value is -1.50. The topological polar surface area (TPSA) is 20.2 Å². The Morgan fingerprint density at radius 2 is 1.45 bits per heavy atom. The third-order valence-corrected chi connectivity index (χ3v) is 3.89. The third-order valence-electron chi connectivity index (χ3n) is 3.89. The first-order valence-corrected chi connectivity index (χ1v) is 8.87. The van der Waals surface area contributed by atoms with E-state index in [0.29, 0.717) is 5.75 Å². The van der Waals surface area contributed by atoms with Crippen molar-refractivity contribution in [3.63, 3.8) is 0 Å². The van der Waals surface area contributed by atoms with Gasteiger partial charge in [-0.15, -0.1) is 0 Å². The van der Waals surface area contributed by atoms with E-state index >= 15 is 0 Å². The van der Waals surface area contributed by atoms with Gasteiger partial charge in [0, 0.05) is 0 Å². The van der Waals surface area contributed by atoms with Crippen LogP contribution in [0.2, 0.25) is 0 Å². The lowest BCUT2D eigenvalue weighted by molar-refractivity contribution is 0.474. The minimum Gasteiger partial charge on any atom is -0.508 e. The van der Waals surface area contributed by atoms with Crippen LogP contribution in [-0.2, 0) is 6.42 Å². The van der Waals surface area contributed by atoms with Crippen LogP contribution < -0.4 is 0 Å². The quantitative estimate of drug-likeness (QED) is 0.341. The zero-order valence-electron chi connectivity index (χ0n) is 14.1. The number of rotatable bonds is 12. The fourth-order valence-electron chi connectivity index (χ4n) is 2.58. The first-order valence-electron chi connectivity index (χ1n) is 8.87. The normalized spacial score (nSPS) is 11.7. The van der Waals surface area contributed by atoms with E-state index in [9.17, 15) is 5.11 Å². The van der Waals surface area contributed by atoms with Crippen molar-refractivity contribution < 1.29 is 5.11 Å². The van der Waals surface area contributed by atoms with Gasteiger partial charge in [-0.05, 0) is 76.0 Å². The van der Waals surface area contributed by atoms with Crippen LogP contribution in [-0.4, -0.2) is 5.11 Å². The smallest absolute Gasteiger partial charge is 0.115 e. The Balaban J connectivity index is 1.89. The van der Waals surface area contributed by atoms with Crippen molar-refractivity contribution in [2.45, 2.75) is 71.1 Å². The fourth-order valence-corrected chi connectivity index (χ4v) is 2.58. The van der Waals surface area contributed by atoms with Crippen molar-refractivity contribution in [1.29, 1.82) is 0 Å². The molecule has 0 aromatic heterocycles. The molecule has 1 aromatic carbocycles. The molecule has 0 aliphatic carbocycles. The Morgan fingerprint density at radius 3 is 2.09 bits per heavy atom. The monoisotopic (exact) mass is 300 g/mol. The van der Waals surface area contributed by atoms with Crippen molar-refractivity contribution >= 4 is 0 Å². The number of hydrogen-bond donors (Lipinski definition) is 1. The average molecular weight is 300 g/mol. The van der Waals surface area contributed by atoms with Crippen LogP contribution >= 0.6 is 0 Å². The maximum absolute atomic E-state index is 9.40. The maximum Gasteiger partial charge on any atom is 0.115 e. The molecule has 0 fully saturated rings. The van der Waals surface area contributed by atoms with E-state index in [1.54, 1.807) is 6.07 Å². The van der Waals surface area contributed by atoms with Crippen molar-refractivity contribution in [2.75, 3.05) is 0 Å². The van der Waals surface area contributed by atoms with E-state index in [1.165, 1.54) is 63.4 Å².